The highest BCUT2D eigenvalue weighted by atomic mass is 16.7. The molecular formula is C24H23NO6. The van der Waals surface area contributed by atoms with Crippen molar-refractivity contribution in [2.24, 2.45) is 0 Å². The van der Waals surface area contributed by atoms with E-state index in [1.54, 1.807) is 30.3 Å². The highest BCUT2D eigenvalue weighted by Crippen LogP contribution is 2.43. The number of aryl methyl sites for hydroxylation is 1. The number of ketones is 1. The van der Waals surface area contributed by atoms with Gasteiger partial charge in [0.15, 0.2) is 11.5 Å². The third-order valence-corrected chi connectivity index (χ3v) is 6.00. The van der Waals surface area contributed by atoms with E-state index in [0.717, 1.165) is 18.4 Å². The van der Waals surface area contributed by atoms with E-state index in [-0.39, 0.29) is 30.8 Å². The summed E-state index contributed by atoms with van der Waals surface area (Å²) in [5.41, 5.74) is 2.27. The average molecular weight is 421 g/mol. The van der Waals surface area contributed by atoms with E-state index in [1.165, 1.54) is 4.90 Å². The van der Waals surface area contributed by atoms with E-state index in [9.17, 15) is 14.7 Å². The molecule has 0 saturated carbocycles. The van der Waals surface area contributed by atoms with Crippen LogP contribution in [0.4, 0.5) is 0 Å². The van der Waals surface area contributed by atoms with Crippen LogP contribution in [0.2, 0.25) is 0 Å². The van der Waals surface area contributed by atoms with Crippen molar-refractivity contribution in [3.63, 3.8) is 0 Å². The quantitative estimate of drug-likeness (QED) is 0.463. The molecule has 0 spiro atoms. The summed E-state index contributed by atoms with van der Waals surface area (Å²) < 4.78 is 16.6. The van der Waals surface area contributed by atoms with Gasteiger partial charge in [-0.1, -0.05) is 35.9 Å². The number of carbonyl (C=O) groups is 2. The van der Waals surface area contributed by atoms with E-state index in [1.807, 2.05) is 19.1 Å². The molecule has 1 amide bonds. The number of aliphatic hydroxyl groups is 1. The maximum atomic E-state index is 13.1. The molecule has 7 heteroatoms. The highest BCUT2D eigenvalue weighted by Gasteiger charge is 2.47. The largest absolute Gasteiger partial charge is 0.507 e. The van der Waals surface area contributed by atoms with Gasteiger partial charge >= 0.3 is 0 Å². The third kappa shape index (κ3) is 3.45. The van der Waals surface area contributed by atoms with Crippen LogP contribution < -0.4 is 9.47 Å². The molecular weight excluding hydrogens is 398 g/mol. The first kappa shape index (κ1) is 19.6. The zero-order valence-corrected chi connectivity index (χ0v) is 17.2. The van der Waals surface area contributed by atoms with E-state index in [0.29, 0.717) is 29.2 Å². The van der Waals surface area contributed by atoms with Crippen LogP contribution in [0.15, 0.2) is 48.0 Å². The molecule has 5 rings (SSSR count). The number of nitrogens with zero attached hydrogens (tertiary/aromatic N) is 1. The summed E-state index contributed by atoms with van der Waals surface area (Å²) in [5, 5.41) is 11.1. The van der Waals surface area contributed by atoms with Crippen molar-refractivity contribution in [3.8, 4) is 11.5 Å². The third-order valence-electron chi connectivity index (χ3n) is 6.00. The van der Waals surface area contributed by atoms with Crippen molar-refractivity contribution >= 4 is 17.4 Å². The van der Waals surface area contributed by atoms with Crippen LogP contribution in [0.1, 0.15) is 35.6 Å². The van der Waals surface area contributed by atoms with Gasteiger partial charge in [-0.05, 0) is 37.5 Å². The van der Waals surface area contributed by atoms with Crippen LogP contribution in [-0.2, 0) is 14.3 Å². The van der Waals surface area contributed by atoms with Crippen LogP contribution in [0.3, 0.4) is 0 Å². The van der Waals surface area contributed by atoms with E-state index in [4.69, 9.17) is 14.2 Å². The van der Waals surface area contributed by atoms with Crippen molar-refractivity contribution in [2.45, 2.75) is 31.9 Å². The summed E-state index contributed by atoms with van der Waals surface area (Å²) in [6.45, 7) is 3.00. The monoisotopic (exact) mass is 421 g/mol. The zero-order valence-electron chi connectivity index (χ0n) is 17.2. The molecule has 3 aliphatic heterocycles. The van der Waals surface area contributed by atoms with Gasteiger partial charge in [-0.2, -0.15) is 0 Å². The Morgan fingerprint density at radius 3 is 2.61 bits per heavy atom. The summed E-state index contributed by atoms with van der Waals surface area (Å²) in [4.78, 5) is 27.6. The smallest absolute Gasteiger partial charge is 0.295 e. The van der Waals surface area contributed by atoms with Crippen LogP contribution in [0.25, 0.3) is 5.76 Å². The first-order valence-corrected chi connectivity index (χ1v) is 10.4. The SMILES string of the molecule is Cc1ccc(C(O)=C2C(=O)C(=O)N(CC3CCCO3)C2c2ccc3c(c2)OCO3)cc1. The summed E-state index contributed by atoms with van der Waals surface area (Å²) in [6, 6.07) is 11.8. The second kappa shape index (κ2) is 7.74. The molecule has 160 valence electrons. The number of ether oxygens (including phenoxy) is 3. The molecule has 2 unspecified atom stereocenters. The molecule has 3 heterocycles. The van der Waals surface area contributed by atoms with Crippen molar-refractivity contribution in [3.05, 3.63) is 64.7 Å². The molecule has 2 aromatic carbocycles. The first-order valence-electron chi connectivity index (χ1n) is 10.4. The standard InChI is InChI=1S/C24H23NO6/c1-14-4-6-15(7-5-14)22(26)20-21(16-8-9-18-19(11-16)31-13-30-18)25(24(28)23(20)27)12-17-3-2-10-29-17/h4-9,11,17,21,26H,2-3,10,12-13H2,1H3. The summed E-state index contributed by atoms with van der Waals surface area (Å²) >= 11 is 0. The lowest BCUT2D eigenvalue weighted by Gasteiger charge is -2.27. The number of Topliss-reactive ketones (excluding diaryl/α,β-unsaturated/α-hetero) is 1. The molecule has 0 aromatic heterocycles. The Kier molecular flexibility index (Phi) is 4.90. The minimum Gasteiger partial charge on any atom is -0.507 e. The van der Waals surface area contributed by atoms with E-state index >= 15 is 0 Å². The summed E-state index contributed by atoms with van der Waals surface area (Å²) in [6.07, 6.45) is 1.62. The van der Waals surface area contributed by atoms with Gasteiger partial charge in [0.1, 0.15) is 5.76 Å². The fraction of sp³-hybridized carbons (Fsp3) is 0.333. The molecule has 1 N–H and O–H groups in total. The second-order valence-corrected chi connectivity index (χ2v) is 8.07. The van der Waals surface area contributed by atoms with Crippen LogP contribution in [0, 0.1) is 6.92 Å². The Labute approximate surface area is 179 Å². The lowest BCUT2D eigenvalue weighted by Crippen LogP contribution is -2.36. The minimum atomic E-state index is -0.736. The number of benzene rings is 2. The maximum absolute atomic E-state index is 13.1. The van der Waals surface area contributed by atoms with Crippen molar-refractivity contribution in [1.29, 1.82) is 0 Å². The molecule has 2 fully saturated rings. The van der Waals surface area contributed by atoms with Gasteiger partial charge in [-0.15, -0.1) is 0 Å². The van der Waals surface area contributed by atoms with Crippen molar-refractivity contribution < 1.29 is 28.9 Å². The van der Waals surface area contributed by atoms with Gasteiger partial charge in [-0.25, -0.2) is 0 Å². The Hall–Kier alpha value is -3.32. The molecule has 31 heavy (non-hydrogen) atoms. The number of carbonyl (C=O) groups excluding carboxylic acids is 2. The number of fused-ring (bicyclic) bond motifs is 1. The number of hydrogen-bond donors (Lipinski definition) is 1. The molecule has 0 bridgehead atoms. The topological polar surface area (TPSA) is 85.3 Å². The number of likely N-dealkylation sites (tertiary alicyclic amines) is 1. The van der Waals surface area contributed by atoms with Crippen molar-refractivity contribution in [2.75, 3.05) is 19.9 Å². The van der Waals surface area contributed by atoms with Gasteiger partial charge in [0.2, 0.25) is 6.79 Å². The maximum Gasteiger partial charge on any atom is 0.295 e. The Morgan fingerprint density at radius 2 is 1.87 bits per heavy atom. The van der Waals surface area contributed by atoms with Gasteiger partial charge in [-0.3, -0.25) is 9.59 Å². The van der Waals surface area contributed by atoms with E-state index in [2.05, 4.69) is 0 Å². The predicted octanol–water partition coefficient (Wildman–Crippen LogP) is 3.32. The van der Waals surface area contributed by atoms with Crippen molar-refractivity contribution in [1.82, 2.24) is 4.90 Å². The predicted molar refractivity (Wildman–Crippen MR) is 112 cm³/mol. The van der Waals surface area contributed by atoms with Crippen LogP contribution in [-0.4, -0.2) is 47.7 Å². The van der Waals surface area contributed by atoms with Crippen LogP contribution in [0.5, 0.6) is 11.5 Å². The lowest BCUT2D eigenvalue weighted by molar-refractivity contribution is -0.140. The highest BCUT2D eigenvalue weighted by molar-refractivity contribution is 6.46. The van der Waals surface area contributed by atoms with E-state index < -0.39 is 17.7 Å². The Bertz CT molecular complexity index is 1070. The summed E-state index contributed by atoms with van der Waals surface area (Å²) in [5.74, 6) is -0.352. The lowest BCUT2D eigenvalue weighted by atomic mass is 9.94. The molecule has 7 nitrogen and oxygen atoms in total. The second-order valence-electron chi connectivity index (χ2n) is 8.07. The number of hydrogen-bond acceptors (Lipinski definition) is 6. The van der Waals surface area contributed by atoms with Gasteiger partial charge in [0, 0.05) is 18.7 Å². The molecule has 2 aromatic rings. The number of aliphatic hydroxyl groups excluding tert-OH is 1. The van der Waals surface area contributed by atoms with Gasteiger partial charge in [0.05, 0.1) is 17.7 Å². The molecule has 0 aliphatic carbocycles. The molecule has 3 aliphatic rings. The van der Waals surface area contributed by atoms with Gasteiger partial charge in [0.25, 0.3) is 11.7 Å². The zero-order chi connectivity index (χ0) is 21.5. The fourth-order valence-electron chi connectivity index (χ4n) is 4.37. The Morgan fingerprint density at radius 1 is 1.10 bits per heavy atom. The molecule has 2 saturated heterocycles. The molecule has 2 atom stereocenters. The number of rotatable bonds is 4. The van der Waals surface area contributed by atoms with Crippen LogP contribution >= 0.6 is 0 Å². The fourth-order valence-corrected chi connectivity index (χ4v) is 4.37. The molecule has 0 radical (unpaired) electrons. The number of amides is 1. The summed E-state index contributed by atoms with van der Waals surface area (Å²) in [7, 11) is 0. The Balaban J connectivity index is 1.62. The normalized spacial score (nSPS) is 24.2. The van der Waals surface area contributed by atoms with Gasteiger partial charge < -0.3 is 24.2 Å². The first-order chi connectivity index (χ1) is 15.0. The minimum absolute atomic E-state index is 0.0747. The average Bonchev–Trinajstić information content (AvgIpc) is 3.50.